The van der Waals surface area contributed by atoms with Crippen LogP contribution in [0.4, 0.5) is 5.69 Å². The summed E-state index contributed by atoms with van der Waals surface area (Å²) in [5.41, 5.74) is 1.66. The molecule has 0 bridgehead atoms. The fourth-order valence-corrected chi connectivity index (χ4v) is 3.77. The predicted octanol–water partition coefficient (Wildman–Crippen LogP) is 1.24. The van der Waals surface area contributed by atoms with Crippen LogP contribution in [-0.2, 0) is 35.1 Å². The fourth-order valence-electron chi connectivity index (χ4n) is 3.77. The van der Waals surface area contributed by atoms with Gasteiger partial charge in [0.1, 0.15) is 6.04 Å². The number of ether oxygens (including phenoxy) is 3. The summed E-state index contributed by atoms with van der Waals surface area (Å²) in [5, 5.41) is 5.12. The summed E-state index contributed by atoms with van der Waals surface area (Å²) in [5.74, 6) is -1.31. The van der Waals surface area contributed by atoms with E-state index in [1.807, 2.05) is 6.92 Å². The fraction of sp³-hybridized carbons (Fsp3) is 0.565. The predicted molar refractivity (Wildman–Crippen MR) is 118 cm³/mol. The van der Waals surface area contributed by atoms with Crippen molar-refractivity contribution < 1.29 is 33.4 Å². The number of anilines is 1. The Morgan fingerprint density at radius 2 is 1.76 bits per heavy atom. The number of carbonyl (C=O) groups excluding carboxylic acids is 4. The molecule has 2 aliphatic heterocycles. The Balaban J connectivity index is 1.42. The Morgan fingerprint density at radius 1 is 1.06 bits per heavy atom. The number of hydrogen-bond donors (Lipinski definition) is 2. The number of rotatable bonds is 13. The van der Waals surface area contributed by atoms with Gasteiger partial charge in [-0.3, -0.25) is 24.5 Å². The Morgan fingerprint density at radius 3 is 2.45 bits per heavy atom. The highest BCUT2D eigenvalue weighted by atomic mass is 16.5. The van der Waals surface area contributed by atoms with Crippen molar-refractivity contribution in [2.24, 2.45) is 0 Å². The maximum Gasteiger partial charge on any atom is 0.255 e. The van der Waals surface area contributed by atoms with Crippen LogP contribution in [0.3, 0.4) is 0 Å². The van der Waals surface area contributed by atoms with Gasteiger partial charge in [0.15, 0.2) is 0 Å². The lowest BCUT2D eigenvalue weighted by Crippen LogP contribution is -2.52. The van der Waals surface area contributed by atoms with Crippen LogP contribution >= 0.6 is 0 Å². The van der Waals surface area contributed by atoms with E-state index in [4.69, 9.17) is 14.2 Å². The number of benzene rings is 1. The van der Waals surface area contributed by atoms with Crippen molar-refractivity contribution in [2.45, 2.75) is 45.2 Å². The SMILES string of the molecule is CCCOCCOCCOCCC(=O)Nc1cccc2c1CN(C1CCC(=O)NC1=O)C2=O. The van der Waals surface area contributed by atoms with Crippen molar-refractivity contribution in [1.82, 2.24) is 10.2 Å². The van der Waals surface area contributed by atoms with E-state index in [1.54, 1.807) is 18.2 Å². The van der Waals surface area contributed by atoms with E-state index in [0.29, 0.717) is 49.7 Å². The summed E-state index contributed by atoms with van der Waals surface area (Å²) in [6.45, 7) is 5.11. The molecule has 1 atom stereocenters. The first kappa shape index (κ1) is 24.8. The van der Waals surface area contributed by atoms with E-state index >= 15 is 0 Å². The van der Waals surface area contributed by atoms with Gasteiger partial charge in [-0.2, -0.15) is 0 Å². The second-order valence-corrected chi connectivity index (χ2v) is 7.87. The van der Waals surface area contributed by atoms with E-state index in [-0.39, 0.29) is 43.7 Å². The van der Waals surface area contributed by atoms with Crippen LogP contribution in [0.25, 0.3) is 0 Å². The second-order valence-electron chi connectivity index (χ2n) is 7.87. The van der Waals surface area contributed by atoms with Crippen molar-refractivity contribution in [3.63, 3.8) is 0 Å². The van der Waals surface area contributed by atoms with Crippen molar-refractivity contribution >= 4 is 29.3 Å². The lowest BCUT2D eigenvalue weighted by molar-refractivity contribution is -0.137. The zero-order valence-electron chi connectivity index (χ0n) is 18.9. The van der Waals surface area contributed by atoms with Crippen LogP contribution in [-0.4, -0.2) is 74.2 Å². The number of fused-ring (bicyclic) bond motifs is 1. The van der Waals surface area contributed by atoms with Gasteiger partial charge in [0, 0.05) is 36.4 Å². The van der Waals surface area contributed by atoms with Crippen LogP contribution in [0.1, 0.15) is 48.5 Å². The average molecular weight is 462 g/mol. The molecule has 2 heterocycles. The molecule has 10 heteroatoms. The molecule has 1 fully saturated rings. The zero-order valence-corrected chi connectivity index (χ0v) is 18.9. The number of nitrogens with zero attached hydrogens (tertiary/aromatic N) is 1. The number of nitrogens with one attached hydrogen (secondary N) is 2. The molecule has 4 amide bonds. The summed E-state index contributed by atoms with van der Waals surface area (Å²) in [6.07, 6.45) is 1.62. The monoisotopic (exact) mass is 461 g/mol. The van der Waals surface area contributed by atoms with Crippen molar-refractivity contribution in [3.05, 3.63) is 29.3 Å². The highest BCUT2D eigenvalue weighted by molar-refractivity contribution is 6.06. The zero-order chi connectivity index (χ0) is 23.6. The summed E-state index contributed by atoms with van der Waals surface area (Å²) in [7, 11) is 0. The molecule has 0 spiro atoms. The maximum absolute atomic E-state index is 12.8. The number of amides is 4. The number of carbonyl (C=O) groups is 4. The lowest BCUT2D eigenvalue weighted by Gasteiger charge is -2.29. The molecule has 10 nitrogen and oxygen atoms in total. The van der Waals surface area contributed by atoms with Gasteiger partial charge in [-0.05, 0) is 25.0 Å². The Labute approximate surface area is 192 Å². The largest absolute Gasteiger partial charge is 0.379 e. The third-order valence-corrected chi connectivity index (χ3v) is 5.42. The molecule has 0 aliphatic carbocycles. The molecule has 1 aromatic rings. The lowest BCUT2D eigenvalue weighted by atomic mass is 10.0. The smallest absolute Gasteiger partial charge is 0.255 e. The van der Waals surface area contributed by atoms with Crippen molar-refractivity contribution in [3.8, 4) is 0 Å². The van der Waals surface area contributed by atoms with Gasteiger partial charge in [-0.15, -0.1) is 0 Å². The van der Waals surface area contributed by atoms with E-state index in [2.05, 4.69) is 10.6 Å². The van der Waals surface area contributed by atoms with Crippen molar-refractivity contribution in [2.75, 3.05) is 45.0 Å². The van der Waals surface area contributed by atoms with Gasteiger partial charge in [0.2, 0.25) is 17.7 Å². The molecule has 0 aromatic heterocycles. The topological polar surface area (TPSA) is 123 Å². The van der Waals surface area contributed by atoms with Gasteiger partial charge < -0.3 is 24.4 Å². The normalized spacial score (nSPS) is 17.8. The second kappa shape index (κ2) is 12.4. The summed E-state index contributed by atoms with van der Waals surface area (Å²) < 4.78 is 16.1. The highest BCUT2D eigenvalue weighted by Gasteiger charge is 2.39. The molecule has 1 saturated heterocycles. The first-order valence-electron chi connectivity index (χ1n) is 11.3. The molecular weight excluding hydrogens is 430 g/mol. The third-order valence-electron chi connectivity index (χ3n) is 5.42. The summed E-state index contributed by atoms with van der Waals surface area (Å²) in [6, 6.07) is 4.40. The molecule has 33 heavy (non-hydrogen) atoms. The highest BCUT2D eigenvalue weighted by Crippen LogP contribution is 2.32. The Hall–Kier alpha value is -2.82. The van der Waals surface area contributed by atoms with Gasteiger partial charge in [-0.1, -0.05) is 13.0 Å². The van der Waals surface area contributed by atoms with Crippen LogP contribution in [0.5, 0.6) is 0 Å². The van der Waals surface area contributed by atoms with E-state index in [0.717, 1.165) is 13.0 Å². The first-order chi connectivity index (χ1) is 16.0. The van der Waals surface area contributed by atoms with E-state index < -0.39 is 11.9 Å². The van der Waals surface area contributed by atoms with Crippen LogP contribution in [0, 0.1) is 0 Å². The standard InChI is InChI=1S/C23H31N3O7/c1-2-9-31-11-13-33-14-12-32-10-8-21(28)24-18-5-3-4-16-17(18)15-26(23(16)30)19-6-7-20(27)25-22(19)29/h3-5,19H,2,6-15H2,1H3,(H,24,28)(H,25,27,29). The summed E-state index contributed by atoms with van der Waals surface area (Å²) >= 11 is 0. The van der Waals surface area contributed by atoms with Crippen molar-refractivity contribution in [1.29, 1.82) is 0 Å². The van der Waals surface area contributed by atoms with Gasteiger partial charge in [0.05, 0.1) is 39.5 Å². The van der Waals surface area contributed by atoms with Crippen LogP contribution in [0.2, 0.25) is 0 Å². The maximum atomic E-state index is 12.8. The minimum absolute atomic E-state index is 0.161. The molecule has 0 saturated carbocycles. The number of piperidine rings is 1. The molecule has 1 aromatic carbocycles. The minimum atomic E-state index is -0.694. The molecule has 0 radical (unpaired) electrons. The third kappa shape index (κ3) is 6.83. The molecule has 2 N–H and O–H groups in total. The number of imide groups is 1. The van der Waals surface area contributed by atoms with E-state index in [9.17, 15) is 19.2 Å². The minimum Gasteiger partial charge on any atom is -0.379 e. The average Bonchev–Trinajstić information content (AvgIpc) is 3.12. The molecule has 3 rings (SSSR count). The molecular formula is C23H31N3O7. The molecule has 1 unspecified atom stereocenters. The van der Waals surface area contributed by atoms with E-state index in [1.165, 1.54) is 4.90 Å². The first-order valence-corrected chi connectivity index (χ1v) is 11.3. The van der Waals surface area contributed by atoms with Crippen LogP contribution in [0.15, 0.2) is 18.2 Å². The van der Waals surface area contributed by atoms with Gasteiger partial charge in [0.25, 0.3) is 5.91 Å². The van der Waals surface area contributed by atoms with Gasteiger partial charge >= 0.3 is 0 Å². The quantitative estimate of drug-likeness (QED) is 0.335. The Bertz CT molecular complexity index is 874. The molecule has 180 valence electrons. The number of hydrogen-bond acceptors (Lipinski definition) is 7. The summed E-state index contributed by atoms with van der Waals surface area (Å²) in [4.78, 5) is 50.3. The molecule has 2 aliphatic rings. The van der Waals surface area contributed by atoms with Gasteiger partial charge in [-0.25, -0.2) is 0 Å². The van der Waals surface area contributed by atoms with Crippen LogP contribution < -0.4 is 10.6 Å². The Kier molecular flexibility index (Phi) is 9.35.